The summed E-state index contributed by atoms with van der Waals surface area (Å²) in [6.45, 7) is 1.67. The lowest BCUT2D eigenvalue weighted by Crippen LogP contribution is -2.11. The highest BCUT2D eigenvalue weighted by Crippen LogP contribution is 2.33. The number of benzene rings is 1. The Balaban J connectivity index is 1.76. The first kappa shape index (κ1) is 15.8. The lowest BCUT2D eigenvalue weighted by molar-refractivity contribution is 0.0994. The van der Waals surface area contributed by atoms with E-state index in [2.05, 4.69) is 25.3 Å². The van der Waals surface area contributed by atoms with Crippen LogP contribution in [0.25, 0.3) is 22.2 Å². The van der Waals surface area contributed by atoms with Gasteiger partial charge in [0.05, 0.1) is 13.3 Å². The number of ether oxygens (including phenoxy) is 1. The topological polar surface area (TPSA) is 106 Å². The Hall–Kier alpha value is -3.68. The summed E-state index contributed by atoms with van der Waals surface area (Å²) < 4.78 is 10.6. The van der Waals surface area contributed by atoms with E-state index in [0.29, 0.717) is 22.7 Å². The molecule has 0 fully saturated rings. The van der Waals surface area contributed by atoms with Crippen molar-refractivity contribution in [3.05, 3.63) is 54.5 Å². The van der Waals surface area contributed by atoms with Gasteiger partial charge in [-0.05, 0) is 18.2 Å². The van der Waals surface area contributed by atoms with Gasteiger partial charge in [0.25, 0.3) is 5.91 Å². The molecule has 0 unspecified atom stereocenters. The number of imidazole rings is 1. The number of oxazole rings is 1. The molecule has 0 bridgehead atoms. The van der Waals surface area contributed by atoms with Crippen LogP contribution in [0.5, 0.6) is 5.75 Å². The van der Waals surface area contributed by atoms with E-state index >= 15 is 0 Å². The maximum Gasteiger partial charge on any atom is 0.295 e. The average molecular weight is 349 g/mol. The van der Waals surface area contributed by atoms with Crippen LogP contribution in [-0.2, 0) is 0 Å². The monoisotopic (exact) mass is 349 g/mol. The van der Waals surface area contributed by atoms with E-state index in [-0.39, 0.29) is 11.7 Å². The van der Waals surface area contributed by atoms with Gasteiger partial charge in [0.15, 0.2) is 5.89 Å². The molecule has 0 aliphatic heterocycles. The molecular formula is C18H15N5O3. The lowest BCUT2D eigenvalue weighted by Gasteiger charge is -2.05. The minimum absolute atomic E-state index is 0.113. The molecule has 0 aliphatic rings. The fraction of sp³-hybridized carbons (Fsp3) is 0.111. The van der Waals surface area contributed by atoms with Crippen molar-refractivity contribution in [3.8, 4) is 16.9 Å². The first-order chi connectivity index (χ1) is 12.7. The molecule has 0 saturated carbocycles. The first-order valence-electron chi connectivity index (χ1n) is 7.86. The third-order valence-electron chi connectivity index (χ3n) is 3.88. The molecule has 130 valence electrons. The van der Waals surface area contributed by atoms with E-state index in [1.165, 1.54) is 6.20 Å². The van der Waals surface area contributed by atoms with Crippen LogP contribution in [0.15, 0.2) is 47.3 Å². The molecule has 0 aliphatic carbocycles. The second-order valence-corrected chi connectivity index (χ2v) is 5.56. The maximum absolute atomic E-state index is 12.3. The Morgan fingerprint density at radius 1 is 1.27 bits per heavy atom. The minimum atomic E-state index is -0.438. The van der Waals surface area contributed by atoms with Gasteiger partial charge < -0.3 is 14.1 Å². The Morgan fingerprint density at radius 2 is 2.15 bits per heavy atom. The van der Waals surface area contributed by atoms with Gasteiger partial charge in [-0.3, -0.25) is 15.1 Å². The second-order valence-electron chi connectivity index (χ2n) is 5.56. The number of methoxy groups -OCH3 is 1. The molecule has 4 rings (SSSR count). The van der Waals surface area contributed by atoms with Crippen LogP contribution in [0.4, 0.5) is 5.95 Å². The maximum atomic E-state index is 12.3. The predicted octanol–water partition coefficient (Wildman–Crippen LogP) is 3.18. The molecule has 26 heavy (non-hydrogen) atoms. The zero-order valence-corrected chi connectivity index (χ0v) is 14.1. The molecule has 1 amide bonds. The zero-order chi connectivity index (χ0) is 18.1. The van der Waals surface area contributed by atoms with Crippen LogP contribution < -0.4 is 10.1 Å². The Kier molecular flexibility index (Phi) is 3.85. The third kappa shape index (κ3) is 2.77. The highest BCUT2D eigenvalue weighted by Gasteiger charge is 2.17. The Bertz CT molecular complexity index is 1080. The smallest absolute Gasteiger partial charge is 0.295 e. The van der Waals surface area contributed by atoms with Crippen molar-refractivity contribution in [2.24, 2.45) is 0 Å². The van der Waals surface area contributed by atoms with Crippen LogP contribution in [0.2, 0.25) is 0 Å². The van der Waals surface area contributed by atoms with Crippen LogP contribution in [0.1, 0.15) is 16.4 Å². The number of pyridine rings is 1. The van der Waals surface area contributed by atoms with Crippen LogP contribution in [0, 0.1) is 6.92 Å². The highest BCUT2D eigenvalue weighted by atomic mass is 16.5. The predicted molar refractivity (Wildman–Crippen MR) is 95.1 cm³/mol. The molecule has 3 heterocycles. The van der Waals surface area contributed by atoms with E-state index < -0.39 is 5.91 Å². The number of nitrogens with one attached hydrogen (secondary N) is 2. The molecule has 2 N–H and O–H groups in total. The number of anilines is 1. The summed E-state index contributed by atoms with van der Waals surface area (Å²) in [4.78, 5) is 27.9. The summed E-state index contributed by atoms with van der Waals surface area (Å²) in [5.41, 5.74) is 3.14. The van der Waals surface area contributed by atoms with E-state index in [1.807, 2.05) is 24.3 Å². The lowest BCUT2D eigenvalue weighted by atomic mass is 10.1. The molecule has 3 aromatic heterocycles. The number of hydrogen-bond acceptors (Lipinski definition) is 6. The number of hydrogen-bond donors (Lipinski definition) is 2. The number of carbonyl (C=O) groups is 1. The summed E-state index contributed by atoms with van der Waals surface area (Å²) in [7, 11) is 1.58. The number of nitrogens with zero attached hydrogens (tertiary/aromatic N) is 3. The molecule has 8 nitrogen and oxygen atoms in total. The number of aromatic nitrogens is 4. The van der Waals surface area contributed by atoms with E-state index in [9.17, 15) is 4.79 Å². The number of fused-ring (bicyclic) bond motifs is 1. The number of rotatable bonds is 4. The summed E-state index contributed by atoms with van der Waals surface area (Å²) in [6.07, 6.45) is 4.83. The van der Waals surface area contributed by atoms with Crippen LogP contribution in [0.3, 0.4) is 0 Å². The number of aryl methyl sites for hydroxylation is 1. The molecule has 1 aromatic carbocycles. The second kappa shape index (κ2) is 6.32. The number of carbonyl (C=O) groups excluding carboxylic acids is 1. The van der Waals surface area contributed by atoms with Gasteiger partial charge in [-0.15, -0.1) is 0 Å². The number of amides is 1. The molecule has 0 saturated heterocycles. The first-order valence-corrected chi connectivity index (χ1v) is 7.86. The van der Waals surface area contributed by atoms with Gasteiger partial charge in [-0.25, -0.2) is 9.97 Å². The van der Waals surface area contributed by atoms with Gasteiger partial charge >= 0.3 is 0 Å². The molecular weight excluding hydrogens is 334 g/mol. The largest absolute Gasteiger partial charge is 0.494 e. The normalized spacial score (nSPS) is 10.8. The van der Waals surface area contributed by atoms with Gasteiger partial charge in [0, 0.05) is 30.4 Å². The number of H-pyrrole nitrogens is 1. The van der Waals surface area contributed by atoms with Crippen molar-refractivity contribution in [1.29, 1.82) is 0 Å². The van der Waals surface area contributed by atoms with Crippen LogP contribution in [-0.4, -0.2) is 33.0 Å². The summed E-state index contributed by atoms with van der Waals surface area (Å²) >= 11 is 0. The fourth-order valence-electron chi connectivity index (χ4n) is 2.69. The zero-order valence-electron chi connectivity index (χ0n) is 14.1. The molecule has 8 heteroatoms. The van der Waals surface area contributed by atoms with Gasteiger partial charge in [-0.1, -0.05) is 6.07 Å². The summed E-state index contributed by atoms with van der Waals surface area (Å²) in [5.74, 6) is 0.999. The fourth-order valence-corrected chi connectivity index (χ4v) is 2.69. The SMILES string of the molecule is COc1ccc(-c2cccnc2)c2nc(NC(=O)c3cnc(C)o3)[nH]c12. The molecule has 4 aromatic rings. The molecule has 0 radical (unpaired) electrons. The summed E-state index contributed by atoms with van der Waals surface area (Å²) in [5, 5.41) is 2.68. The highest BCUT2D eigenvalue weighted by molar-refractivity contribution is 6.03. The van der Waals surface area contributed by atoms with E-state index in [1.54, 1.807) is 26.4 Å². The van der Waals surface area contributed by atoms with Crippen LogP contribution >= 0.6 is 0 Å². The van der Waals surface area contributed by atoms with E-state index in [0.717, 1.165) is 11.1 Å². The quantitative estimate of drug-likeness (QED) is 0.586. The van der Waals surface area contributed by atoms with Crippen molar-refractivity contribution in [2.45, 2.75) is 6.92 Å². The average Bonchev–Trinajstić information content (AvgIpc) is 3.27. The van der Waals surface area contributed by atoms with Crippen molar-refractivity contribution in [3.63, 3.8) is 0 Å². The van der Waals surface area contributed by atoms with Gasteiger partial charge in [0.2, 0.25) is 11.7 Å². The minimum Gasteiger partial charge on any atom is -0.494 e. The standard InChI is InChI=1S/C18H15N5O3/c1-10-20-9-14(26-10)17(24)23-18-21-15-12(11-4-3-7-19-8-11)5-6-13(25-2)16(15)22-18/h3-9H,1-2H3,(H2,21,22,23,24). The third-order valence-corrected chi connectivity index (χ3v) is 3.88. The molecule has 0 atom stereocenters. The van der Waals surface area contributed by atoms with Crippen molar-refractivity contribution in [2.75, 3.05) is 12.4 Å². The van der Waals surface area contributed by atoms with Crippen molar-refractivity contribution in [1.82, 2.24) is 19.9 Å². The summed E-state index contributed by atoms with van der Waals surface area (Å²) in [6, 6.07) is 7.55. The molecule has 0 spiro atoms. The van der Waals surface area contributed by atoms with Gasteiger partial charge in [0.1, 0.15) is 16.8 Å². The van der Waals surface area contributed by atoms with E-state index in [4.69, 9.17) is 9.15 Å². The number of aromatic amines is 1. The Morgan fingerprint density at radius 3 is 2.85 bits per heavy atom. The van der Waals surface area contributed by atoms with Crippen molar-refractivity contribution < 1.29 is 13.9 Å². The van der Waals surface area contributed by atoms with Crippen molar-refractivity contribution >= 4 is 22.9 Å². The van der Waals surface area contributed by atoms with Gasteiger partial charge in [-0.2, -0.15) is 0 Å². The Labute approximate surface area is 148 Å².